The summed E-state index contributed by atoms with van der Waals surface area (Å²) in [6.45, 7) is 3.68. The van der Waals surface area contributed by atoms with Crippen molar-refractivity contribution in [2.24, 2.45) is 5.92 Å². The molecule has 0 saturated heterocycles. The number of alkyl halides is 3. The Morgan fingerprint density at radius 2 is 1.83 bits per heavy atom. The SMILES string of the molecule is Cc1ccc(C)c(C2=C(O)C3(CCC(C(F)(F)F)CC3)OC2=O)c1. The third-order valence-corrected chi connectivity index (χ3v) is 5.08. The second kappa shape index (κ2) is 5.53. The molecular formula is C18H19F3O3. The zero-order chi connectivity index (χ0) is 17.7. The van der Waals surface area contributed by atoms with E-state index in [4.69, 9.17) is 4.74 Å². The molecule has 130 valence electrons. The van der Waals surface area contributed by atoms with E-state index in [0.717, 1.165) is 11.1 Å². The molecule has 1 fully saturated rings. The lowest BCUT2D eigenvalue weighted by molar-refractivity contribution is -0.194. The number of hydrogen-bond donors (Lipinski definition) is 1. The van der Waals surface area contributed by atoms with E-state index in [9.17, 15) is 23.1 Å². The summed E-state index contributed by atoms with van der Waals surface area (Å²) in [5, 5.41) is 10.6. The van der Waals surface area contributed by atoms with E-state index < -0.39 is 23.7 Å². The summed E-state index contributed by atoms with van der Waals surface area (Å²) in [5.74, 6) is -2.28. The maximum Gasteiger partial charge on any atom is 0.391 e. The first kappa shape index (κ1) is 16.9. The van der Waals surface area contributed by atoms with Crippen LogP contribution >= 0.6 is 0 Å². The molecule has 1 aliphatic heterocycles. The average molecular weight is 340 g/mol. The van der Waals surface area contributed by atoms with Crippen molar-refractivity contribution in [2.75, 3.05) is 0 Å². The fourth-order valence-electron chi connectivity index (χ4n) is 3.59. The molecule has 1 aromatic rings. The van der Waals surface area contributed by atoms with Crippen LogP contribution in [0, 0.1) is 19.8 Å². The maximum atomic E-state index is 12.8. The van der Waals surface area contributed by atoms with Gasteiger partial charge in [-0.15, -0.1) is 0 Å². The number of carbonyl (C=O) groups excluding carboxylic acids is 1. The van der Waals surface area contributed by atoms with Crippen LogP contribution in [0.4, 0.5) is 13.2 Å². The molecule has 0 unspecified atom stereocenters. The predicted molar refractivity (Wildman–Crippen MR) is 82.3 cm³/mol. The largest absolute Gasteiger partial charge is 0.507 e. The molecule has 0 aromatic heterocycles. The molecular weight excluding hydrogens is 321 g/mol. The van der Waals surface area contributed by atoms with Crippen LogP contribution in [0.25, 0.3) is 5.57 Å². The van der Waals surface area contributed by atoms with Gasteiger partial charge in [0.2, 0.25) is 0 Å². The minimum atomic E-state index is -4.25. The van der Waals surface area contributed by atoms with E-state index in [2.05, 4.69) is 0 Å². The van der Waals surface area contributed by atoms with E-state index in [0.29, 0.717) is 5.56 Å². The standard InChI is InChI=1S/C18H19F3O3/c1-10-3-4-11(2)13(9-10)14-15(22)17(24-16(14)23)7-5-12(6-8-17)18(19,20)21/h3-4,9,12,22H,5-8H2,1-2H3. The number of carbonyl (C=O) groups is 1. The van der Waals surface area contributed by atoms with E-state index in [-0.39, 0.29) is 37.0 Å². The van der Waals surface area contributed by atoms with Crippen molar-refractivity contribution in [1.29, 1.82) is 0 Å². The molecule has 0 atom stereocenters. The van der Waals surface area contributed by atoms with Gasteiger partial charge in [-0.3, -0.25) is 0 Å². The van der Waals surface area contributed by atoms with Gasteiger partial charge in [-0.25, -0.2) is 4.79 Å². The van der Waals surface area contributed by atoms with Crippen LogP contribution in [0.5, 0.6) is 0 Å². The molecule has 3 rings (SSSR count). The number of aliphatic hydroxyl groups excluding tert-OH is 1. The third-order valence-electron chi connectivity index (χ3n) is 5.08. The summed E-state index contributed by atoms with van der Waals surface area (Å²) in [4.78, 5) is 12.3. The topological polar surface area (TPSA) is 46.5 Å². The van der Waals surface area contributed by atoms with Crippen molar-refractivity contribution in [3.8, 4) is 0 Å². The van der Waals surface area contributed by atoms with Crippen molar-refractivity contribution in [3.63, 3.8) is 0 Å². The second-order valence-electron chi connectivity index (χ2n) is 6.74. The van der Waals surface area contributed by atoms with E-state index in [1.165, 1.54) is 0 Å². The Balaban J connectivity index is 1.95. The molecule has 1 heterocycles. The van der Waals surface area contributed by atoms with Gasteiger partial charge < -0.3 is 9.84 Å². The van der Waals surface area contributed by atoms with Crippen LogP contribution in [0.1, 0.15) is 42.4 Å². The molecule has 0 amide bonds. The van der Waals surface area contributed by atoms with Crippen molar-refractivity contribution >= 4 is 11.5 Å². The zero-order valence-corrected chi connectivity index (χ0v) is 13.5. The van der Waals surface area contributed by atoms with Gasteiger partial charge in [0.1, 0.15) is 5.57 Å². The summed E-state index contributed by atoms with van der Waals surface area (Å²) >= 11 is 0. The van der Waals surface area contributed by atoms with Gasteiger partial charge >= 0.3 is 12.1 Å². The summed E-state index contributed by atoms with van der Waals surface area (Å²) in [5.41, 5.74) is 1.09. The molecule has 0 radical (unpaired) electrons. The van der Waals surface area contributed by atoms with Crippen LogP contribution in [0.15, 0.2) is 24.0 Å². The third kappa shape index (κ3) is 2.68. The summed E-state index contributed by atoms with van der Waals surface area (Å²) in [6, 6.07) is 5.51. The lowest BCUT2D eigenvalue weighted by Gasteiger charge is -2.36. The maximum absolute atomic E-state index is 12.8. The van der Waals surface area contributed by atoms with Gasteiger partial charge in [-0.2, -0.15) is 13.2 Å². The number of halogens is 3. The Bertz CT molecular complexity index is 711. The van der Waals surface area contributed by atoms with Crippen molar-refractivity contribution in [1.82, 2.24) is 0 Å². The van der Waals surface area contributed by atoms with Crippen molar-refractivity contribution in [3.05, 3.63) is 40.6 Å². The highest BCUT2D eigenvalue weighted by molar-refractivity contribution is 6.20. The number of rotatable bonds is 1. The van der Waals surface area contributed by atoms with E-state index in [1.807, 2.05) is 26.0 Å². The molecule has 1 N–H and O–H groups in total. The van der Waals surface area contributed by atoms with Crippen LogP contribution in [-0.4, -0.2) is 22.9 Å². The Kier molecular flexibility index (Phi) is 3.89. The number of esters is 1. The predicted octanol–water partition coefficient (Wildman–Crippen LogP) is 4.62. The van der Waals surface area contributed by atoms with E-state index in [1.54, 1.807) is 6.07 Å². The number of benzene rings is 1. The fourth-order valence-corrected chi connectivity index (χ4v) is 3.59. The molecule has 1 aromatic carbocycles. The highest BCUT2D eigenvalue weighted by Gasteiger charge is 2.54. The molecule has 2 aliphatic rings. The Morgan fingerprint density at radius 1 is 1.21 bits per heavy atom. The molecule has 6 heteroatoms. The second-order valence-corrected chi connectivity index (χ2v) is 6.74. The minimum Gasteiger partial charge on any atom is -0.507 e. The Morgan fingerprint density at radius 3 is 2.42 bits per heavy atom. The fraction of sp³-hybridized carbons (Fsp3) is 0.500. The average Bonchev–Trinajstić information content (AvgIpc) is 2.72. The first-order valence-electron chi connectivity index (χ1n) is 7.95. The first-order chi connectivity index (χ1) is 11.1. The number of hydrogen-bond acceptors (Lipinski definition) is 3. The lowest BCUT2D eigenvalue weighted by Crippen LogP contribution is -2.40. The first-order valence-corrected chi connectivity index (χ1v) is 7.95. The molecule has 1 saturated carbocycles. The monoisotopic (exact) mass is 340 g/mol. The van der Waals surface area contributed by atoms with Gasteiger partial charge in [0.15, 0.2) is 11.4 Å². The number of aryl methyl sites for hydroxylation is 2. The van der Waals surface area contributed by atoms with Gasteiger partial charge in [0.25, 0.3) is 0 Å². The highest BCUT2D eigenvalue weighted by atomic mass is 19.4. The summed E-state index contributed by atoms with van der Waals surface area (Å²) < 4.78 is 43.9. The van der Waals surface area contributed by atoms with Crippen LogP contribution in [0.2, 0.25) is 0 Å². The Hall–Kier alpha value is -1.98. The van der Waals surface area contributed by atoms with Gasteiger partial charge in [-0.1, -0.05) is 23.8 Å². The van der Waals surface area contributed by atoms with Gasteiger partial charge in [-0.05, 0) is 50.7 Å². The minimum absolute atomic E-state index is 0.0108. The van der Waals surface area contributed by atoms with Crippen LogP contribution in [0.3, 0.4) is 0 Å². The quantitative estimate of drug-likeness (QED) is 0.759. The van der Waals surface area contributed by atoms with Gasteiger partial charge in [0, 0.05) is 0 Å². The van der Waals surface area contributed by atoms with E-state index >= 15 is 0 Å². The zero-order valence-electron chi connectivity index (χ0n) is 13.5. The summed E-state index contributed by atoms with van der Waals surface area (Å²) in [7, 11) is 0. The number of aliphatic hydroxyl groups is 1. The Labute approximate surface area is 138 Å². The summed E-state index contributed by atoms with van der Waals surface area (Å²) in [6.07, 6.45) is -4.58. The van der Waals surface area contributed by atoms with Crippen LogP contribution in [-0.2, 0) is 9.53 Å². The molecule has 3 nitrogen and oxygen atoms in total. The molecule has 24 heavy (non-hydrogen) atoms. The normalized spacial score (nSPS) is 27.7. The van der Waals surface area contributed by atoms with Crippen LogP contribution < -0.4 is 0 Å². The van der Waals surface area contributed by atoms with Crippen molar-refractivity contribution in [2.45, 2.75) is 51.3 Å². The lowest BCUT2D eigenvalue weighted by atomic mass is 9.77. The van der Waals surface area contributed by atoms with Gasteiger partial charge in [0.05, 0.1) is 5.92 Å². The highest BCUT2D eigenvalue weighted by Crippen LogP contribution is 2.49. The smallest absolute Gasteiger partial charge is 0.391 e. The molecule has 0 bridgehead atoms. The molecule has 1 spiro atoms. The molecule has 1 aliphatic carbocycles. The number of ether oxygens (including phenoxy) is 1. The van der Waals surface area contributed by atoms with Crippen molar-refractivity contribution < 1.29 is 27.8 Å².